The Labute approximate surface area is 282 Å². The molecule has 10 rings (SSSR count). The third kappa shape index (κ3) is 4.49. The van der Waals surface area contributed by atoms with Gasteiger partial charge in [-0.15, -0.1) is 0 Å². The average molecular weight is 629 g/mol. The van der Waals surface area contributed by atoms with Gasteiger partial charge in [-0.2, -0.15) is 0 Å². The van der Waals surface area contributed by atoms with Gasteiger partial charge in [0.1, 0.15) is 16.7 Å². The molecular weight excluding hydrogens is 601 g/mol. The first-order valence-corrected chi connectivity index (χ1v) is 16.5. The van der Waals surface area contributed by atoms with Crippen LogP contribution in [-0.2, 0) is 0 Å². The molecule has 10 aromatic rings. The smallest absolute Gasteiger partial charge is 0.227 e. The summed E-state index contributed by atoms with van der Waals surface area (Å²) in [6, 6.07) is 59.1. The number of nitrogens with zero attached hydrogens (tertiary/aromatic N) is 2. The first kappa shape index (κ1) is 27.5. The highest BCUT2D eigenvalue weighted by molar-refractivity contribution is 6.23. The summed E-state index contributed by atoms with van der Waals surface area (Å²) in [7, 11) is 0. The number of para-hydroxylation sites is 2. The lowest BCUT2D eigenvalue weighted by Crippen LogP contribution is -2.09. The molecule has 2 heterocycles. The van der Waals surface area contributed by atoms with Crippen LogP contribution < -0.4 is 4.90 Å². The maximum atomic E-state index is 6.41. The summed E-state index contributed by atoms with van der Waals surface area (Å²) >= 11 is 0. The molecule has 0 saturated carbocycles. The van der Waals surface area contributed by atoms with E-state index in [1.165, 1.54) is 0 Å². The molecular formula is C45H28N2O2. The molecule has 0 unspecified atom stereocenters. The van der Waals surface area contributed by atoms with Crippen LogP contribution in [0.4, 0.5) is 17.1 Å². The monoisotopic (exact) mass is 628 g/mol. The number of hydrogen-bond acceptors (Lipinski definition) is 4. The fourth-order valence-corrected chi connectivity index (χ4v) is 7.19. The van der Waals surface area contributed by atoms with E-state index in [2.05, 4.69) is 132 Å². The van der Waals surface area contributed by atoms with Crippen molar-refractivity contribution in [2.24, 2.45) is 0 Å². The van der Waals surface area contributed by atoms with E-state index in [9.17, 15) is 0 Å². The molecule has 0 bridgehead atoms. The van der Waals surface area contributed by atoms with Gasteiger partial charge in [-0.3, -0.25) is 0 Å². The van der Waals surface area contributed by atoms with Crippen LogP contribution in [0.2, 0.25) is 0 Å². The minimum atomic E-state index is 0.613. The predicted molar refractivity (Wildman–Crippen MR) is 202 cm³/mol. The number of fused-ring (bicyclic) bond motifs is 8. The van der Waals surface area contributed by atoms with Gasteiger partial charge in [-0.1, -0.05) is 91.0 Å². The average Bonchev–Trinajstić information content (AvgIpc) is 3.77. The van der Waals surface area contributed by atoms with Crippen molar-refractivity contribution < 1.29 is 8.83 Å². The number of rotatable bonds is 5. The third-order valence-electron chi connectivity index (χ3n) is 9.46. The maximum absolute atomic E-state index is 6.41. The number of furan rings is 1. The van der Waals surface area contributed by atoms with E-state index >= 15 is 0 Å². The number of aromatic nitrogens is 1. The fraction of sp³-hybridized carbons (Fsp3) is 0. The van der Waals surface area contributed by atoms with Gasteiger partial charge in [0, 0.05) is 44.9 Å². The highest BCUT2D eigenvalue weighted by atomic mass is 16.3. The molecule has 0 N–H and O–H groups in total. The first-order chi connectivity index (χ1) is 24.3. The molecule has 0 spiro atoms. The third-order valence-corrected chi connectivity index (χ3v) is 9.46. The van der Waals surface area contributed by atoms with Gasteiger partial charge in [-0.25, -0.2) is 4.98 Å². The second-order valence-corrected chi connectivity index (χ2v) is 12.4. The highest BCUT2D eigenvalue weighted by Crippen LogP contribution is 2.44. The van der Waals surface area contributed by atoms with E-state index in [0.717, 1.165) is 88.3 Å². The molecule has 0 amide bonds. The molecule has 0 aliphatic heterocycles. The van der Waals surface area contributed by atoms with Crippen LogP contribution in [0, 0.1) is 0 Å². The molecule has 0 aliphatic carbocycles. The van der Waals surface area contributed by atoms with Crippen LogP contribution in [0.5, 0.6) is 0 Å². The van der Waals surface area contributed by atoms with Crippen molar-refractivity contribution >= 4 is 71.6 Å². The molecule has 0 saturated heterocycles. The van der Waals surface area contributed by atoms with Crippen molar-refractivity contribution in [3.8, 4) is 22.6 Å². The molecule has 230 valence electrons. The first-order valence-electron chi connectivity index (χ1n) is 16.5. The lowest BCUT2D eigenvalue weighted by molar-refractivity contribution is 0.620. The molecule has 0 atom stereocenters. The SMILES string of the molecule is c1ccc(-c2nc3c(ccc4c(-c5ccccc5)cc5ccc(N(c6ccccc6)c6ccc7c(c6)oc6ccccc67)cc5c43)o2)cc1. The van der Waals surface area contributed by atoms with Gasteiger partial charge in [-0.05, 0) is 100 Å². The Hall–Kier alpha value is -6.65. The minimum Gasteiger partial charge on any atom is -0.456 e. The number of hydrogen-bond donors (Lipinski definition) is 0. The molecule has 0 radical (unpaired) electrons. The van der Waals surface area contributed by atoms with Gasteiger partial charge in [0.25, 0.3) is 0 Å². The Bertz CT molecular complexity index is 2820. The van der Waals surface area contributed by atoms with Gasteiger partial charge in [0.05, 0.1) is 0 Å². The van der Waals surface area contributed by atoms with Gasteiger partial charge < -0.3 is 13.7 Å². The molecule has 4 nitrogen and oxygen atoms in total. The Morgan fingerprint density at radius 1 is 0.408 bits per heavy atom. The predicted octanol–water partition coefficient (Wildman–Crippen LogP) is 12.8. The molecule has 49 heavy (non-hydrogen) atoms. The fourth-order valence-electron chi connectivity index (χ4n) is 7.19. The molecule has 8 aromatic carbocycles. The van der Waals surface area contributed by atoms with Crippen molar-refractivity contribution in [3.05, 3.63) is 170 Å². The Kier molecular flexibility index (Phi) is 6.15. The van der Waals surface area contributed by atoms with Crippen LogP contribution in [0.1, 0.15) is 0 Å². The number of oxazole rings is 1. The lowest BCUT2D eigenvalue weighted by atomic mass is 9.92. The van der Waals surface area contributed by atoms with Crippen LogP contribution in [0.3, 0.4) is 0 Å². The summed E-state index contributed by atoms with van der Waals surface area (Å²) in [5, 5.41) is 6.67. The van der Waals surface area contributed by atoms with Crippen LogP contribution >= 0.6 is 0 Å². The van der Waals surface area contributed by atoms with E-state index in [-0.39, 0.29) is 0 Å². The van der Waals surface area contributed by atoms with Crippen molar-refractivity contribution in [3.63, 3.8) is 0 Å². The van der Waals surface area contributed by atoms with Crippen molar-refractivity contribution in [2.45, 2.75) is 0 Å². The van der Waals surface area contributed by atoms with E-state index in [4.69, 9.17) is 13.8 Å². The van der Waals surface area contributed by atoms with E-state index in [1.54, 1.807) is 0 Å². The second kappa shape index (κ2) is 11.0. The van der Waals surface area contributed by atoms with Crippen LogP contribution in [-0.4, -0.2) is 4.98 Å². The quantitative estimate of drug-likeness (QED) is 0.178. The van der Waals surface area contributed by atoms with Gasteiger partial charge >= 0.3 is 0 Å². The summed E-state index contributed by atoms with van der Waals surface area (Å²) in [6.45, 7) is 0. The lowest BCUT2D eigenvalue weighted by Gasteiger charge is -2.26. The summed E-state index contributed by atoms with van der Waals surface area (Å²) in [6.07, 6.45) is 0. The number of anilines is 3. The normalized spacial score (nSPS) is 11.7. The maximum Gasteiger partial charge on any atom is 0.227 e. The Balaban J connectivity index is 1.25. The molecule has 4 heteroatoms. The highest BCUT2D eigenvalue weighted by Gasteiger charge is 2.20. The summed E-state index contributed by atoms with van der Waals surface area (Å²) < 4.78 is 12.7. The topological polar surface area (TPSA) is 42.4 Å². The zero-order valence-electron chi connectivity index (χ0n) is 26.4. The van der Waals surface area contributed by atoms with E-state index in [0.29, 0.717) is 5.89 Å². The van der Waals surface area contributed by atoms with Crippen molar-refractivity contribution in [1.29, 1.82) is 0 Å². The Morgan fingerprint density at radius 2 is 1.06 bits per heavy atom. The summed E-state index contributed by atoms with van der Waals surface area (Å²) in [5.74, 6) is 0.613. The second-order valence-electron chi connectivity index (χ2n) is 12.4. The number of benzene rings is 8. The minimum absolute atomic E-state index is 0.613. The van der Waals surface area contributed by atoms with Crippen molar-refractivity contribution in [1.82, 2.24) is 4.98 Å². The zero-order chi connectivity index (χ0) is 32.3. The zero-order valence-corrected chi connectivity index (χ0v) is 26.4. The standard InChI is InChI=1S/C45H28N2O2/c1-4-12-29(13-5-1)38-26-31-20-21-33(27-39(31)43-37(38)24-25-41-44(43)46-45(49-41)30-14-6-2-7-15-30)47(32-16-8-3-9-17-32)34-22-23-36-35-18-10-11-19-40(35)48-42(36)28-34/h1-28H. The Morgan fingerprint density at radius 3 is 1.88 bits per heavy atom. The van der Waals surface area contributed by atoms with Crippen molar-refractivity contribution in [2.75, 3.05) is 4.90 Å². The van der Waals surface area contributed by atoms with E-state index < -0.39 is 0 Å². The van der Waals surface area contributed by atoms with Crippen LogP contribution in [0.25, 0.3) is 77.2 Å². The molecule has 0 aliphatic rings. The van der Waals surface area contributed by atoms with Gasteiger partial charge in [0.15, 0.2) is 5.58 Å². The summed E-state index contributed by atoms with van der Waals surface area (Å²) in [5.41, 5.74) is 9.74. The summed E-state index contributed by atoms with van der Waals surface area (Å²) in [4.78, 5) is 7.44. The molecule has 2 aromatic heterocycles. The largest absolute Gasteiger partial charge is 0.456 e. The van der Waals surface area contributed by atoms with Gasteiger partial charge in [0.2, 0.25) is 5.89 Å². The molecule has 0 fully saturated rings. The van der Waals surface area contributed by atoms with Crippen LogP contribution in [0.15, 0.2) is 179 Å². The van der Waals surface area contributed by atoms with E-state index in [1.807, 2.05) is 42.5 Å².